The fraction of sp³-hybridized carbons (Fsp3) is 0. The maximum absolute atomic E-state index is 2.42. The largest absolute Gasteiger partial charge is 0.310 e. The Morgan fingerprint density at radius 2 is 0.697 bits per heavy atom. The van der Waals surface area contributed by atoms with Gasteiger partial charge in [0.25, 0.3) is 0 Å². The summed E-state index contributed by atoms with van der Waals surface area (Å²) in [5.41, 5.74) is 18.7. The molecule has 0 aliphatic carbocycles. The number of benzene rings is 11. The molecule has 2 nitrogen and oxygen atoms in total. The Hall–Kier alpha value is -8.72. The van der Waals surface area contributed by atoms with Crippen molar-refractivity contribution in [3.8, 4) is 61.3 Å². The lowest BCUT2D eigenvalue weighted by Crippen LogP contribution is -2.11. The standard InChI is InChI=1S/C64H44N2/c1-3-19-45(20-4-1)54-26-9-10-27-56(54)57-28-11-12-29-58(57)59-30-13-15-34-61(59)65(50-41-37-47(38-42-50)53-32-17-22-46-21-7-8-25-52(46)53)51-43-39-48(40-44-51)55-33-18-36-63-64(55)60-31-14-16-35-62(60)66(63)49-23-5-2-6-24-49/h1-44H. The minimum Gasteiger partial charge on any atom is -0.310 e. The number of anilines is 3. The molecule has 0 radical (unpaired) electrons. The highest BCUT2D eigenvalue weighted by molar-refractivity contribution is 6.16. The molecule has 66 heavy (non-hydrogen) atoms. The van der Waals surface area contributed by atoms with Crippen LogP contribution < -0.4 is 4.90 Å². The zero-order chi connectivity index (χ0) is 43.8. The number of hydrogen-bond acceptors (Lipinski definition) is 1. The molecule has 0 spiro atoms. The Bertz CT molecular complexity index is 3670. The molecule has 2 heteroatoms. The van der Waals surface area contributed by atoms with Gasteiger partial charge in [-0.15, -0.1) is 0 Å². The van der Waals surface area contributed by atoms with Gasteiger partial charge in [-0.05, 0) is 115 Å². The van der Waals surface area contributed by atoms with E-state index in [1.165, 1.54) is 82.6 Å². The quantitative estimate of drug-likeness (QED) is 0.141. The SMILES string of the molecule is c1ccc(-c2ccccc2-c2ccccc2-c2ccccc2N(c2ccc(-c3cccc4ccccc34)cc2)c2ccc(-c3cccc4c3c3ccccc3n4-c3ccccc3)cc2)cc1. The molecule has 0 fully saturated rings. The van der Waals surface area contributed by atoms with E-state index in [9.17, 15) is 0 Å². The monoisotopic (exact) mass is 840 g/mol. The van der Waals surface area contributed by atoms with Crippen LogP contribution in [0.15, 0.2) is 267 Å². The molecule has 0 saturated carbocycles. The van der Waals surface area contributed by atoms with Crippen LogP contribution in [0.3, 0.4) is 0 Å². The molecule has 0 N–H and O–H groups in total. The van der Waals surface area contributed by atoms with Crippen LogP contribution in [0.4, 0.5) is 17.1 Å². The van der Waals surface area contributed by atoms with E-state index in [-0.39, 0.29) is 0 Å². The minimum atomic E-state index is 1.07. The molecular formula is C64H44N2. The molecule has 0 amide bonds. The predicted octanol–water partition coefficient (Wildman–Crippen LogP) is 17.7. The zero-order valence-electron chi connectivity index (χ0n) is 36.3. The second-order valence-electron chi connectivity index (χ2n) is 16.8. The summed E-state index contributed by atoms with van der Waals surface area (Å²) in [6.45, 7) is 0. The van der Waals surface area contributed by atoms with Crippen LogP contribution in [0, 0.1) is 0 Å². The normalized spacial score (nSPS) is 11.3. The fourth-order valence-corrected chi connectivity index (χ4v) is 10.0. The first-order valence-electron chi connectivity index (χ1n) is 22.7. The van der Waals surface area contributed by atoms with E-state index in [1.807, 2.05) is 0 Å². The van der Waals surface area contributed by atoms with Crippen LogP contribution in [0.2, 0.25) is 0 Å². The van der Waals surface area contributed by atoms with Crippen molar-refractivity contribution in [2.24, 2.45) is 0 Å². The van der Waals surface area contributed by atoms with Gasteiger partial charge >= 0.3 is 0 Å². The summed E-state index contributed by atoms with van der Waals surface area (Å²) in [6.07, 6.45) is 0. The zero-order valence-corrected chi connectivity index (χ0v) is 36.3. The fourth-order valence-electron chi connectivity index (χ4n) is 10.0. The Kier molecular flexibility index (Phi) is 9.89. The maximum Gasteiger partial charge on any atom is 0.0547 e. The van der Waals surface area contributed by atoms with Crippen LogP contribution in [-0.2, 0) is 0 Å². The summed E-state index contributed by atoms with van der Waals surface area (Å²) in [5, 5.41) is 4.98. The lowest BCUT2D eigenvalue weighted by molar-refractivity contribution is 1.18. The number of aromatic nitrogens is 1. The van der Waals surface area contributed by atoms with Crippen LogP contribution in [-0.4, -0.2) is 4.57 Å². The van der Waals surface area contributed by atoms with Gasteiger partial charge in [0, 0.05) is 33.4 Å². The first kappa shape index (κ1) is 38.9. The smallest absolute Gasteiger partial charge is 0.0547 e. The second-order valence-corrected chi connectivity index (χ2v) is 16.8. The maximum atomic E-state index is 2.42. The molecule has 0 atom stereocenters. The predicted molar refractivity (Wildman–Crippen MR) is 280 cm³/mol. The highest BCUT2D eigenvalue weighted by Gasteiger charge is 2.22. The van der Waals surface area contributed by atoms with Gasteiger partial charge in [0.15, 0.2) is 0 Å². The number of para-hydroxylation sites is 3. The van der Waals surface area contributed by atoms with E-state index in [4.69, 9.17) is 0 Å². The molecule has 12 aromatic rings. The third kappa shape index (κ3) is 6.84. The molecule has 0 bridgehead atoms. The van der Waals surface area contributed by atoms with Crippen molar-refractivity contribution in [1.29, 1.82) is 0 Å². The molecule has 0 aliphatic heterocycles. The summed E-state index contributed by atoms with van der Waals surface area (Å²) in [7, 11) is 0. The van der Waals surface area contributed by atoms with Gasteiger partial charge in [0.05, 0.1) is 16.7 Å². The van der Waals surface area contributed by atoms with E-state index in [1.54, 1.807) is 0 Å². The second kappa shape index (κ2) is 16.8. The average Bonchev–Trinajstić information content (AvgIpc) is 3.74. The topological polar surface area (TPSA) is 8.17 Å². The molecule has 0 saturated heterocycles. The Morgan fingerprint density at radius 1 is 0.258 bits per heavy atom. The Balaban J connectivity index is 1.02. The lowest BCUT2D eigenvalue weighted by Gasteiger charge is -2.29. The van der Waals surface area contributed by atoms with Crippen LogP contribution in [0.25, 0.3) is 93.9 Å². The van der Waals surface area contributed by atoms with Crippen molar-refractivity contribution in [1.82, 2.24) is 4.57 Å². The molecular weight excluding hydrogens is 797 g/mol. The molecule has 12 rings (SSSR count). The third-order valence-electron chi connectivity index (χ3n) is 13.0. The van der Waals surface area contributed by atoms with Gasteiger partial charge in [-0.1, -0.05) is 212 Å². The number of fused-ring (bicyclic) bond motifs is 4. The average molecular weight is 841 g/mol. The van der Waals surface area contributed by atoms with E-state index in [0.29, 0.717) is 0 Å². The van der Waals surface area contributed by atoms with Crippen LogP contribution >= 0.6 is 0 Å². The summed E-state index contributed by atoms with van der Waals surface area (Å²) in [4.78, 5) is 2.42. The molecule has 310 valence electrons. The summed E-state index contributed by atoms with van der Waals surface area (Å²) >= 11 is 0. The van der Waals surface area contributed by atoms with Crippen molar-refractivity contribution in [2.45, 2.75) is 0 Å². The van der Waals surface area contributed by atoms with Gasteiger partial charge in [0.2, 0.25) is 0 Å². The molecule has 1 aromatic heterocycles. The lowest BCUT2D eigenvalue weighted by atomic mass is 9.88. The summed E-state index contributed by atoms with van der Waals surface area (Å²) in [5.74, 6) is 0. The van der Waals surface area contributed by atoms with Crippen molar-refractivity contribution >= 4 is 49.6 Å². The first-order chi connectivity index (χ1) is 32.8. The number of rotatable bonds is 9. The molecule has 1 heterocycles. The van der Waals surface area contributed by atoms with Crippen molar-refractivity contribution in [2.75, 3.05) is 4.90 Å². The molecule has 11 aromatic carbocycles. The van der Waals surface area contributed by atoms with Crippen molar-refractivity contribution in [3.63, 3.8) is 0 Å². The highest BCUT2D eigenvalue weighted by Crippen LogP contribution is 2.46. The molecule has 0 unspecified atom stereocenters. The summed E-state index contributed by atoms with van der Waals surface area (Å²) in [6, 6.07) is 96.8. The van der Waals surface area contributed by atoms with Gasteiger partial charge < -0.3 is 9.47 Å². The summed E-state index contributed by atoms with van der Waals surface area (Å²) < 4.78 is 2.39. The van der Waals surface area contributed by atoms with E-state index >= 15 is 0 Å². The van der Waals surface area contributed by atoms with Crippen LogP contribution in [0.5, 0.6) is 0 Å². The van der Waals surface area contributed by atoms with E-state index in [0.717, 1.165) is 28.3 Å². The van der Waals surface area contributed by atoms with E-state index < -0.39 is 0 Å². The number of hydrogen-bond donors (Lipinski definition) is 0. The van der Waals surface area contributed by atoms with Crippen molar-refractivity contribution < 1.29 is 0 Å². The highest BCUT2D eigenvalue weighted by atomic mass is 15.1. The third-order valence-corrected chi connectivity index (χ3v) is 13.0. The van der Waals surface area contributed by atoms with Crippen LogP contribution in [0.1, 0.15) is 0 Å². The van der Waals surface area contributed by atoms with Crippen molar-refractivity contribution in [3.05, 3.63) is 267 Å². The van der Waals surface area contributed by atoms with Gasteiger partial charge in [-0.3, -0.25) is 0 Å². The first-order valence-corrected chi connectivity index (χ1v) is 22.7. The minimum absolute atomic E-state index is 1.07. The van der Waals surface area contributed by atoms with Gasteiger partial charge in [0.1, 0.15) is 0 Å². The van der Waals surface area contributed by atoms with Gasteiger partial charge in [-0.2, -0.15) is 0 Å². The molecule has 0 aliphatic rings. The Labute approximate surface area is 385 Å². The number of nitrogens with zero attached hydrogens (tertiary/aromatic N) is 2. The van der Waals surface area contributed by atoms with Gasteiger partial charge in [-0.25, -0.2) is 0 Å². The van der Waals surface area contributed by atoms with E-state index in [2.05, 4.69) is 276 Å². The Morgan fingerprint density at radius 3 is 1.41 bits per heavy atom.